The number of pyridine rings is 1. The number of hydrogen-bond acceptors (Lipinski definition) is 6. The van der Waals surface area contributed by atoms with Crippen molar-refractivity contribution in [2.24, 2.45) is 0 Å². The van der Waals surface area contributed by atoms with Crippen molar-refractivity contribution in [2.45, 2.75) is 6.42 Å². The van der Waals surface area contributed by atoms with Gasteiger partial charge in [-0.2, -0.15) is 0 Å². The lowest BCUT2D eigenvalue weighted by atomic mass is 10.2. The molecule has 0 bridgehead atoms. The predicted molar refractivity (Wildman–Crippen MR) is 94.1 cm³/mol. The van der Waals surface area contributed by atoms with Gasteiger partial charge in [-0.25, -0.2) is 9.97 Å². The van der Waals surface area contributed by atoms with Crippen LogP contribution in [0.1, 0.15) is 15.9 Å². The number of carbonyl (C=O) groups is 1. The molecule has 0 aliphatic heterocycles. The summed E-state index contributed by atoms with van der Waals surface area (Å²) >= 11 is 0. The lowest BCUT2D eigenvalue weighted by molar-refractivity contribution is 0.0950. The molecule has 1 N–H and O–H groups in total. The van der Waals surface area contributed by atoms with Gasteiger partial charge in [0.15, 0.2) is 0 Å². The van der Waals surface area contributed by atoms with Crippen LogP contribution in [0.25, 0.3) is 0 Å². The molecule has 2 aromatic heterocycles. The van der Waals surface area contributed by atoms with E-state index in [-0.39, 0.29) is 5.91 Å². The van der Waals surface area contributed by atoms with Crippen LogP contribution in [-0.2, 0) is 6.42 Å². The van der Waals surface area contributed by atoms with Gasteiger partial charge in [0.1, 0.15) is 0 Å². The molecule has 0 atom stereocenters. The zero-order valence-electron chi connectivity index (χ0n) is 14.4. The lowest BCUT2D eigenvalue weighted by Gasteiger charge is -2.17. The first-order chi connectivity index (χ1) is 11.6. The number of nitrogens with one attached hydrogen (secondary N) is 1. The molecule has 7 nitrogen and oxygen atoms in total. The van der Waals surface area contributed by atoms with E-state index < -0.39 is 0 Å². The summed E-state index contributed by atoms with van der Waals surface area (Å²) in [7, 11) is 5.87. The molecule has 0 saturated heterocycles. The number of aromatic nitrogens is 3. The van der Waals surface area contributed by atoms with Crippen LogP contribution in [-0.4, -0.2) is 66.5 Å². The molecule has 0 spiro atoms. The van der Waals surface area contributed by atoms with Crippen LogP contribution in [0, 0.1) is 0 Å². The first kappa shape index (κ1) is 17.8. The van der Waals surface area contributed by atoms with Crippen molar-refractivity contribution in [3.63, 3.8) is 0 Å². The van der Waals surface area contributed by atoms with Crippen LogP contribution in [0.5, 0.6) is 0 Å². The summed E-state index contributed by atoms with van der Waals surface area (Å²) in [6, 6.07) is 3.99. The minimum Gasteiger partial charge on any atom is -0.351 e. The van der Waals surface area contributed by atoms with Gasteiger partial charge < -0.3 is 15.1 Å². The maximum absolute atomic E-state index is 12.0. The van der Waals surface area contributed by atoms with Gasteiger partial charge in [0.25, 0.3) is 5.91 Å². The largest absolute Gasteiger partial charge is 0.351 e. The molecule has 128 valence electrons. The lowest BCUT2D eigenvalue weighted by Crippen LogP contribution is -2.31. The summed E-state index contributed by atoms with van der Waals surface area (Å²) in [6.45, 7) is 2.18. The second-order valence-corrected chi connectivity index (χ2v) is 5.86. The molecule has 2 rings (SSSR count). The van der Waals surface area contributed by atoms with E-state index in [1.165, 1.54) is 5.56 Å². The molecule has 0 aliphatic rings. The smallest absolute Gasteiger partial charge is 0.254 e. The Labute approximate surface area is 142 Å². The average molecular weight is 328 g/mol. The van der Waals surface area contributed by atoms with Gasteiger partial charge in [0.2, 0.25) is 5.95 Å². The van der Waals surface area contributed by atoms with E-state index in [0.29, 0.717) is 18.1 Å². The number of amides is 1. The highest BCUT2D eigenvalue weighted by atomic mass is 16.1. The van der Waals surface area contributed by atoms with Crippen LogP contribution in [0.15, 0.2) is 36.9 Å². The van der Waals surface area contributed by atoms with Gasteiger partial charge >= 0.3 is 0 Å². The van der Waals surface area contributed by atoms with E-state index in [1.807, 2.05) is 43.1 Å². The van der Waals surface area contributed by atoms with E-state index in [1.54, 1.807) is 24.8 Å². The van der Waals surface area contributed by atoms with Gasteiger partial charge in [-0.3, -0.25) is 9.78 Å². The maximum Gasteiger partial charge on any atom is 0.254 e. The molecular formula is C17H24N6O. The van der Waals surface area contributed by atoms with Gasteiger partial charge in [-0.05, 0) is 38.2 Å². The van der Waals surface area contributed by atoms with Crippen molar-refractivity contribution in [2.75, 3.05) is 45.7 Å². The summed E-state index contributed by atoms with van der Waals surface area (Å²) in [4.78, 5) is 28.5. The second kappa shape index (κ2) is 8.93. The molecule has 0 unspecified atom stereocenters. The first-order valence-corrected chi connectivity index (χ1v) is 7.91. The van der Waals surface area contributed by atoms with Crippen molar-refractivity contribution in [1.82, 2.24) is 25.2 Å². The highest BCUT2D eigenvalue weighted by Gasteiger charge is 2.09. The third-order valence-corrected chi connectivity index (χ3v) is 3.57. The Bertz CT molecular complexity index is 629. The quantitative estimate of drug-likeness (QED) is 0.774. The van der Waals surface area contributed by atoms with E-state index >= 15 is 0 Å². The highest BCUT2D eigenvalue weighted by Crippen LogP contribution is 2.07. The third-order valence-electron chi connectivity index (χ3n) is 3.57. The van der Waals surface area contributed by atoms with Crippen LogP contribution in [0.3, 0.4) is 0 Å². The number of rotatable bonds is 8. The Morgan fingerprint density at radius 2 is 1.75 bits per heavy atom. The Kier molecular flexibility index (Phi) is 6.62. The molecular weight excluding hydrogens is 304 g/mol. The van der Waals surface area contributed by atoms with Crippen molar-refractivity contribution < 1.29 is 4.79 Å². The van der Waals surface area contributed by atoms with Gasteiger partial charge in [0.05, 0.1) is 5.56 Å². The monoisotopic (exact) mass is 328 g/mol. The minimum absolute atomic E-state index is 0.150. The van der Waals surface area contributed by atoms with Gasteiger partial charge in [-0.15, -0.1) is 0 Å². The Morgan fingerprint density at radius 1 is 1.08 bits per heavy atom. The summed E-state index contributed by atoms with van der Waals surface area (Å²) in [5, 5.41) is 2.85. The number of nitrogens with zero attached hydrogens (tertiary/aromatic N) is 5. The SMILES string of the molecule is CN(C)CCNC(=O)c1cnc(N(C)CCc2ccncc2)nc1. The Balaban J connectivity index is 1.85. The molecule has 0 radical (unpaired) electrons. The third kappa shape index (κ3) is 5.58. The first-order valence-electron chi connectivity index (χ1n) is 7.91. The second-order valence-electron chi connectivity index (χ2n) is 5.86. The predicted octanol–water partition coefficient (Wildman–Crippen LogP) is 0.842. The zero-order valence-corrected chi connectivity index (χ0v) is 14.4. The standard InChI is InChI=1S/C17H24N6O/c1-22(2)11-9-19-16(24)15-12-20-17(21-13-15)23(3)10-6-14-4-7-18-8-5-14/h4-5,7-8,12-13H,6,9-11H2,1-3H3,(H,19,24). The fourth-order valence-electron chi connectivity index (χ4n) is 2.08. The van der Waals surface area contributed by atoms with Gasteiger partial charge in [-0.1, -0.05) is 0 Å². The molecule has 1 amide bonds. The van der Waals surface area contributed by atoms with Crippen LogP contribution in [0.4, 0.5) is 5.95 Å². The fraction of sp³-hybridized carbons (Fsp3) is 0.412. The van der Waals surface area contributed by atoms with Crippen LogP contribution < -0.4 is 10.2 Å². The van der Waals surface area contributed by atoms with Crippen molar-refractivity contribution in [3.05, 3.63) is 48.0 Å². The fourth-order valence-corrected chi connectivity index (χ4v) is 2.08. The van der Waals surface area contributed by atoms with E-state index in [9.17, 15) is 4.79 Å². The van der Waals surface area contributed by atoms with Crippen molar-refractivity contribution >= 4 is 11.9 Å². The molecule has 0 saturated carbocycles. The van der Waals surface area contributed by atoms with E-state index in [4.69, 9.17) is 0 Å². The number of likely N-dealkylation sites (N-methyl/N-ethyl adjacent to an activating group) is 2. The average Bonchev–Trinajstić information content (AvgIpc) is 2.60. The number of hydrogen-bond donors (Lipinski definition) is 1. The molecule has 2 heterocycles. The number of carbonyl (C=O) groups excluding carboxylic acids is 1. The van der Waals surface area contributed by atoms with E-state index in [0.717, 1.165) is 19.5 Å². The van der Waals surface area contributed by atoms with Gasteiger partial charge in [0, 0.05) is 51.5 Å². The molecule has 0 fully saturated rings. The Hall–Kier alpha value is -2.54. The highest BCUT2D eigenvalue weighted by molar-refractivity contribution is 5.93. The Morgan fingerprint density at radius 3 is 2.38 bits per heavy atom. The summed E-state index contributed by atoms with van der Waals surface area (Å²) < 4.78 is 0. The van der Waals surface area contributed by atoms with Crippen LogP contribution in [0.2, 0.25) is 0 Å². The minimum atomic E-state index is -0.150. The normalized spacial score (nSPS) is 10.7. The molecule has 2 aromatic rings. The van der Waals surface area contributed by atoms with E-state index in [2.05, 4.69) is 20.3 Å². The zero-order chi connectivity index (χ0) is 17.4. The van der Waals surface area contributed by atoms with Crippen molar-refractivity contribution in [1.29, 1.82) is 0 Å². The summed E-state index contributed by atoms with van der Waals surface area (Å²) in [5.74, 6) is 0.455. The van der Waals surface area contributed by atoms with Crippen molar-refractivity contribution in [3.8, 4) is 0 Å². The summed E-state index contributed by atoms with van der Waals surface area (Å²) in [6.07, 6.45) is 7.59. The molecule has 0 aliphatic carbocycles. The number of anilines is 1. The topological polar surface area (TPSA) is 74.2 Å². The molecule has 24 heavy (non-hydrogen) atoms. The molecule has 0 aromatic carbocycles. The summed E-state index contributed by atoms with van der Waals surface area (Å²) in [5.41, 5.74) is 1.69. The molecule has 7 heteroatoms. The van der Waals surface area contributed by atoms with Crippen LogP contribution >= 0.6 is 0 Å². The maximum atomic E-state index is 12.0.